The molecular formula is C15H23NaO4S. The Hall–Kier alpha value is 0.0600. The normalized spacial score (nSPS) is 21.0. The third kappa shape index (κ3) is 5.99. The SMILES string of the molecule is CCCCCCCCC(=O)C1(S(=O)(=O)[O-])C=CC=CC1.[Na+]. The monoisotopic (exact) mass is 322 g/mol. The first-order chi connectivity index (χ1) is 9.44. The molecule has 21 heavy (non-hydrogen) atoms. The zero-order chi connectivity index (χ0) is 15.1. The van der Waals surface area contributed by atoms with Crippen molar-refractivity contribution >= 4 is 15.9 Å². The summed E-state index contributed by atoms with van der Waals surface area (Å²) >= 11 is 0. The van der Waals surface area contributed by atoms with Crippen LogP contribution in [0.25, 0.3) is 0 Å². The van der Waals surface area contributed by atoms with Gasteiger partial charge < -0.3 is 4.55 Å². The Bertz CT molecular complexity index is 482. The van der Waals surface area contributed by atoms with Gasteiger partial charge in [-0.2, -0.15) is 0 Å². The summed E-state index contributed by atoms with van der Waals surface area (Å²) in [6.45, 7) is 2.13. The molecule has 0 aliphatic heterocycles. The number of carbonyl (C=O) groups is 1. The van der Waals surface area contributed by atoms with Gasteiger partial charge in [-0.05, 0) is 12.8 Å². The summed E-state index contributed by atoms with van der Waals surface area (Å²) in [4.78, 5) is 12.2. The van der Waals surface area contributed by atoms with Crippen LogP contribution < -0.4 is 29.6 Å². The Morgan fingerprint density at radius 1 is 1.14 bits per heavy atom. The molecule has 1 rings (SSSR count). The summed E-state index contributed by atoms with van der Waals surface area (Å²) in [5, 5.41) is 0. The molecule has 1 aliphatic carbocycles. The number of Topliss-reactive ketones (excluding diaryl/α,β-unsaturated/α-hetero) is 1. The molecule has 0 amide bonds. The van der Waals surface area contributed by atoms with Crippen molar-refractivity contribution in [1.82, 2.24) is 0 Å². The van der Waals surface area contributed by atoms with Gasteiger partial charge in [0, 0.05) is 6.42 Å². The quantitative estimate of drug-likeness (QED) is 0.343. The number of unbranched alkanes of at least 4 members (excludes halogenated alkanes) is 5. The summed E-state index contributed by atoms with van der Waals surface area (Å²) in [6, 6.07) is 0. The van der Waals surface area contributed by atoms with E-state index in [1.807, 2.05) is 0 Å². The van der Waals surface area contributed by atoms with E-state index in [1.54, 1.807) is 12.2 Å². The Kier molecular flexibility index (Phi) is 9.98. The van der Waals surface area contributed by atoms with Gasteiger partial charge in [-0.15, -0.1) is 0 Å². The first kappa shape index (κ1) is 21.1. The molecule has 1 unspecified atom stereocenters. The van der Waals surface area contributed by atoms with E-state index in [0.29, 0.717) is 6.42 Å². The summed E-state index contributed by atoms with van der Waals surface area (Å²) in [7, 11) is -4.68. The van der Waals surface area contributed by atoms with Crippen molar-refractivity contribution < 1.29 is 47.3 Å². The van der Waals surface area contributed by atoms with Gasteiger partial charge in [0.15, 0.2) is 5.78 Å². The van der Waals surface area contributed by atoms with Gasteiger partial charge >= 0.3 is 29.6 Å². The molecule has 0 heterocycles. The minimum absolute atomic E-state index is 0. The van der Waals surface area contributed by atoms with Crippen molar-refractivity contribution in [1.29, 1.82) is 0 Å². The van der Waals surface area contributed by atoms with Crippen LogP contribution in [-0.2, 0) is 14.9 Å². The van der Waals surface area contributed by atoms with Gasteiger partial charge in [0.2, 0.25) is 0 Å². The third-order valence-corrected chi connectivity index (χ3v) is 5.13. The summed E-state index contributed by atoms with van der Waals surface area (Å²) in [5.74, 6) is -0.469. The first-order valence-corrected chi connectivity index (χ1v) is 8.68. The van der Waals surface area contributed by atoms with E-state index in [0.717, 1.165) is 25.7 Å². The molecule has 0 radical (unpaired) electrons. The fourth-order valence-electron chi connectivity index (χ4n) is 2.41. The smallest absolute Gasteiger partial charge is 0.747 e. The summed E-state index contributed by atoms with van der Waals surface area (Å²) < 4.78 is 32.5. The van der Waals surface area contributed by atoms with Crippen LogP contribution in [-0.4, -0.2) is 23.5 Å². The van der Waals surface area contributed by atoms with Crippen molar-refractivity contribution in [2.24, 2.45) is 0 Å². The molecule has 0 aromatic carbocycles. The average molecular weight is 322 g/mol. The number of hydrogen-bond donors (Lipinski definition) is 0. The Morgan fingerprint density at radius 3 is 2.29 bits per heavy atom. The van der Waals surface area contributed by atoms with Gasteiger partial charge in [-0.1, -0.05) is 63.3 Å². The van der Waals surface area contributed by atoms with Crippen molar-refractivity contribution in [3.05, 3.63) is 24.3 Å². The molecule has 0 N–H and O–H groups in total. The molecule has 0 saturated heterocycles. The minimum Gasteiger partial charge on any atom is -0.747 e. The van der Waals surface area contributed by atoms with Crippen LogP contribution in [0.15, 0.2) is 24.3 Å². The second kappa shape index (κ2) is 9.95. The molecule has 0 saturated carbocycles. The molecule has 114 valence electrons. The zero-order valence-corrected chi connectivity index (χ0v) is 15.8. The van der Waals surface area contributed by atoms with E-state index >= 15 is 0 Å². The molecule has 6 heteroatoms. The van der Waals surface area contributed by atoms with E-state index in [-0.39, 0.29) is 42.4 Å². The molecular weight excluding hydrogens is 299 g/mol. The molecule has 1 aliphatic rings. The van der Waals surface area contributed by atoms with E-state index in [9.17, 15) is 17.8 Å². The number of hydrogen-bond acceptors (Lipinski definition) is 4. The Morgan fingerprint density at radius 2 is 1.76 bits per heavy atom. The molecule has 4 nitrogen and oxygen atoms in total. The van der Waals surface area contributed by atoms with Crippen LogP contribution in [0.1, 0.15) is 58.3 Å². The Labute approximate surface area is 150 Å². The maximum Gasteiger partial charge on any atom is 1.00 e. The summed E-state index contributed by atoms with van der Waals surface area (Å²) in [6.07, 6.45) is 12.1. The van der Waals surface area contributed by atoms with Crippen LogP contribution in [0, 0.1) is 0 Å². The fraction of sp³-hybridized carbons (Fsp3) is 0.667. The number of allylic oxidation sites excluding steroid dienone is 3. The van der Waals surface area contributed by atoms with Crippen LogP contribution >= 0.6 is 0 Å². The zero-order valence-electron chi connectivity index (χ0n) is 13.0. The van der Waals surface area contributed by atoms with E-state index in [2.05, 4.69) is 6.92 Å². The Balaban J connectivity index is 0.00000400. The van der Waals surface area contributed by atoms with E-state index in [1.165, 1.54) is 18.6 Å². The molecule has 0 spiro atoms. The van der Waals surface area contributed by atoms with Gasteiger partial charge in [0.1, 0.15) is 14.9 Å². The summed E-state index contributed by atoms with van der Waals surface area (Å²) in [5.41, 5.74) is 0. The average Bonchev–Trinajstić information content (AvgIpc) is 2.42. The van der Waals surface area contributed by atoms with E-state index < -0.39 is 20.6 Å². The molecule has 0 bridgehead atoms. The van der Waals surface area contributed by atoms with Gasteiger partial charge in [-0.25, -0.2) is 8.42 Å². The molecule has 0 aromatic heterocycles. The van der Waals surface area contributed by atoms with Gasteiger partial charge in [0.25, 0.3) is 0 Å². The maximum atomic E-state index is 12.2. The van der Waals surface area contributed by atoms with Crippen molar-refractivity contribution in [3.8, 4) is 0 Å². The largest absolute Gasteiger partial charge is 1.00 e. The van der Waals surface area contributed by atoms with Crippen molar-refractivity contribution in [2.75, 3.05) is 0 Å². The topological polar surface area (TPSA) is 74.3 Å². The number of ketones is 1. The third-order valence-electron chi connectivity index (χ3n) is 3.71. The minimum atomic E-state index is -4.68. The van der Waals surface area contributed by atoms with Crippen LogP contribution in [0.3, 0.4) is 0 Å². The van der Waals surface area contributed by atoms with Crippen LogP contribution in [0.5, 0.6) is 0 Å². The fourth-order valence-corrected chi connectivity index (χ4v) is 3.34. The predicted octanol–water partition coefficient (Wildman–Crippen LogP) is 0.110. The molecule has 1 atom stereocenters. The molecule has 0 aromatic rings. The van der Waals surface area contributed by atoms with Crippen molar-refractivity contribution in [2.45, 2.75) is 63.0 Å². The van der Waals surface area contributed by atoms with Crippen LogP contribution in [0.2, 0.25) is 0 Å². The van der Waals surface area contributed by atoms with Gasteiger partial charge in [-0.3, -0.25) is 4.79 Å². The van der Waals surface area contributed by atoms with Crippen molar-refractivity contribution in [3.63, 3.8) is 0 Å². The second-order valence-electron chi connectivity index (χ2n) is 5.28. The van der Waals surface area contributed by atoms with E-state index in [4.69, 9.17) is 0 Å². The standard InChI is InChI=1S/C15H24O4S.Na/c1-2-3-4-5-6-8-11-14(16)15(20(17,18)19)12-9-7-10-13-15;/h7,9-10,12H,2-6,8,11,13H2,1H3,(H,17,18,19);/q;+1/p-1. The predicted molar refractivity (Wildman–Crippen MR) is 78.3 cm³/mol. The number of rotatable bonds is 9. The second-order valence-corrected chi connectivity index (χ2v) is 6.91. The number of carbonyl (C=O) groups excluding carboxylic acids is 1. The van der Waals surface area contributed by atoms with Crippen LogP contribution in [0.4, 0.5) is 0 Å². The molecule has 0 fully saturated rings. The first-order valence-electron chi connectivity index (χ1n) is 7.27. The maximum absolute atomic E-state index is 12.2. The van der Waals surface area contributed by atoms with Gasteiger partial charge in [0.05, 0.1) is 0 Å².